The fraction of sp³-hybridized carbons (Fsp3) is 0. The van der Waals surface area contributed by atoms with Gasteiger partial charge < -0.3 is 5.32 Å². The number of carbonyl (C=O) groups excluding carboxylic acids is 2. The zero-order valence-corrected chi connectivity index (χ0v) is 6.08. The molecule has 12 heavy (non-hydrogen) atoms. The average Bonchev–Trinajstić information content (AvgIpc) is 2.04. The molecule has 1 N–H and O–H groups in total. The van der Waals surface area contributed by atoms with Crippen molar-refractivity contribution >= 4 is 17.9 Å². The van der Waals surface area contributed by atoms with Crippen molar-refractivity contribution in [1.29, 1.82) is 0 Å². The number of amides is 1. The molecule has 0 aliphatic heterocycles. The Morgan fingerprint density at radius 2 is 2.25 bits per heavy atom. The summed E-state index contributed by atoms with van der Waals surface area (Å²) in [4.78, 5) is 20.4. The number of carbonyl (C=O) groups is 2. The van der Waals surface area contributed by atoms with Gasteiger partial charge in [-0.05, 0) is 18.2 Å². The molecule has 0 aliphatic carbocycles. The van der Waals surface area contributed by atoms with Crippen LogP contribution >= 0.6 is 0 Å². The number of rotatable bonds is 2. The van der Waals surface area contributed by atoms with Gasteiger partial charge in [0, 0.05) is 5.69 Å². The molecule has 0 heterocycles. The van der Waals surface area contributed by atoms with Gasteiger partial charge >= 0.3 is 0 Å². The fourth-order valence-electron chi connectivity index (χ4n) is 0.738. The lowest BCUT2D eigenvalue weighted by Crippen LogP contribution is -2.11. The highest BCUT2D eigenvalue weighted by Gasteiger charge is 1.99. The van der Waals surface area contributed by atoms with Gasteiger partial charge in [0.05, 0.1) is 0 Å². The molecule has 1 amide bonds. The Hall–Kier alpha value is -1.71. The SMILES string of the molecule is O=CC(=O)Nc1cccc(F)c1. The van der Waals surface area contributed by atoms with Crippen molar-refractivity contribution in [2.24, 2.45) is 0 Å². The number of hydrogen-bond acceptors (Lipinski definition) is 2. The predicted molar refractivity (Wildman–Crippen MR) is 41.1 cm³/mol. The summed E-state index contributed by atoms with van der Waals surface area (Å²) in [6, 6.07) is 5.30. The van der Waals surface area contributed by atoms with E-state index >= 15 is 0 Å². The maximum absolute atomic E-state index is 12.5. The molecular weight excluding hydrogens is 161 g/mol. The fourth-order valence-corrected chi connectivity index (χ4v) is 0.738. The maximum Gasteiger partial charge on any atom is 0.288 e. The Morgan fingerprint density at radius 1 is 1.50 bits per heavy atom. The van der Waals surface area contributed by atoms with E-state index in [2.05, 4.69) is 5.32 Å². The van der Waals surface area contributed by atoms with E-state index in [1.54, 1.807) is 0 Å². The molecule has 1 aromatic carbocycles. The largest absolute Gasteiger partial charge is 0.320 e. The summed E-state index contributed by atoms with van der Waals surface area (Å²) in [6.45, 7) is 0. The van der Waals surface area contributed by atoms with E-state index in [0.717, 1.165) is 6.07 Å². The Bertz CT molecular complexity index is 312. The third-order valence-corrected chi connectivity index (χ3v) is 1.20. The molecule has 0 aliphatic rings. The molecule has 0 fully saturated rings. The predicted octanol–water partition coefficient (Wildman–Crippen LogP) is 0.963. The summed E-state index contributed by atoms with van der Waals surface area (Å²) < 4.78 is 12.5. The molecule has 0 atom stereocenters. The molecule has 0 spiro atoms. The van der Waals surface area contributed by atoms with Crippen LogP contribution in [-0.2, 0) is 9.59 Å². The van der Waals surface area contributed by atoms with Gasteiger partial charge in [-0.2, -0.15) is 0 Å². The summed E-state index contributed by atoms with van der Waals surface area (Å²) in [6.07, 6.45) is 0.130. The van der Waals surface area contributed by atoms with Gasteiger partial charge in [0.15, 0.2) is 0 Å². The Morgan fingerprint density at radius 3 is 2.83 bits per heavy atom. The van der Waals surface area contributed by atoms with Crippen molar-refractivity contribution in [3.63, 3.8) is 0 Å². The van der Waals surface area contributed by atoms with E-state index in [1.165, 1.54) is 18.2 Å². The van der Waals surface area contributed by atoms with Crippen molar-refractivity contribution in [2.45, 2.75) is 0 Å². The van der Waals surface area contributed by atoms with Crippen molar-refractivity contribution in [3.05, 3.63) is 30.1 Å². The van der Waals surface area contributed by atoms with Gasteiger partial charge in [-0.1, -0.05) is 6.07 Å². The van der Waals surface area contributed by atoms with E-state index in [0.29, 0.717) is 0 Å². The monoisotopic (exact) mass is 167 g/mol. The van der Waals surface area contributed by atoms with Crippen molar-refractivity contribution in [1.82, 2.24) is 0 Å². The third-order valence-electron chi connectivity index (χ3n) is 1.20. The minimum atomic E-state index is -0.791. The zero-order valence-electron chi connectivity index (χ0n) is 6.08. The minimum absolute atomic E-state index is 0.130. The first-order chi connectivity index (χ1) is 5.72. The zero-order chi connectivity index (χ0) is 8.97. The summed E-state index contributed by atoms with van der Waals surface area (Å²) in [5.74, 6) is -1.25. The lowest BCUT2D eigenvalue weighted by molar-refractivity contribution is -0.127. The van der Waals surface area contributed by atoms with Gasteiger partial charge in [-0.15, -0.1) is 0 Å². The van der Waals surface area contributed by atoms with Crippen LogP contribution in [-0.4, -0.2) is 12.2 Å². The van der Waals surface area contributed by atoms with Gasteiger partial charge in [0.2, 0.25) is 6.29 Å². The van der Waals surface area contributed by atoms with E-state index in [4.69, 9.17) is 0 Å². The quantitative estimate of drug-likeness (QED) is 0.526. The van der Waals surface area contributed by atoms with Crippen LogP contribution in [0.25, 0.3) is 0 Å². The summed E-state index contributed by atoms with van der Waals surface area (Å²) >= 11 is 0. The first-order valence-electron chi connectivity index (χ1n) is 3.24. The van der Waals surface area contributed by atoms with Crippen molar-refractivity contribution < 1.29 is 14.0 Å². The molecule has 1 aromatic rings. The second-order valence-corrected chi connectivity index (χ2v) is 2.12. The van der Waals surface area contributed by atoms with Gasteiger partial charge in [-0.3, -0.25) is 9.59 Å². The number of aldehydes is 1. The van der Waals surface area contributed by atoms with Crippen LogP contribution in [0.5, 0.6) is 0 Å². The molecule has 4 heteroatoms. The third kappa shape index (κ3) is 2.16. The van der Waals surface area contributed by atoms with E-state index in [9.17, 15) is 14.0 Å². The standard InChI is InChI=1S/C8H6FNO2/c9-6-2-1-3-7(4-6)10-8(12)5-11/h1-5H,(H,10,12). The van der Waals surface area contributed by atoms with Crippen LogP contribution in [0.4, 0.5) is 10.1 Å². The first-order valence-corrected chi connectivity index (χ1v) is 3.24. The highest BCUT2D eigenvalue weighted by Crippen LogP contribution is 2.07. The molecule has 0 unspecified atom stereocenters. The van der Waals surface area contributed by atoms with Crippen LogP contribution in [0.3, 0.4) is 0 Å². The molecule has 0 saturated carbocycles. The van der Waals surface area contributed by atoms with Crippen LogP contribution < -0.4 is 5.32 Å². The summed E-state index contributed by atoms with van der Waals surface area (Å²) in [7, 11) is 0. The summed E-state index contributed by atoms with van der Waals surface area (Å²) in [5, 5.41) is 2.19. The minimum Gasteiger partial charge on any atom is -0.320 e. The van der Waals surface area contributed by atoms with Gasteiger partial charge in [0.25, 0.3) is 5.91 Å². The highest BCUT2D eigenvalue weighted by molar-refractivity contribution is 6.29. The number of nitrogens with one attached hydrogen (secondary N) is 1. The van der Waals surface area contributed by atoms with E-state index in [1.807, 2.05) is 0 Å². The number of anilines is 1. The van der Waals surface area contributed by atoms with E-state index < -0.39 is 11.7 Å². The second-order valence-electron chi connectivity index (χ2n) is 2.12. The molecule has 1 rings (SSSR count). The normalized spacial score (nSPS) is 9.08. The smallest absolute Gasteiger partial charge is 0.288 e. The highest BCUT2D eigenvalue weighted by atomic mass is 19.1. The topological polar surface area (TPSA) is 46.2 Å². The van der Waals surface area contributed by atoms with Crippen molar-refractivity contribution in [2.75, 3.05) is 5.32 Å². The molecule has 62 valence electrons. The Labute approximate surface area is 68.2 Å². The lowest BCUT2D eigenvalue weighted by Gasteiger charge is -1.98. The Balaban J connectivity index is 2.76. The molecular formula is C8H6FNO2. The number of benzene rings is 1. The van der Waals surface area contributed by atoms with Crippen LogP contribution in [0.15, 0.2) is 24.3 Å². The number of hydrogen-bond donors (Lipinski definition) is 1. The van der Waals surface area contributed by atoms with Crippen LogP contribution in [0.1, 0.15) is 0 Å². The van der Waals surface area contributed by atoms with Gasteiger partial charge in [-0.25, -0.2) is 4.39 Å². The van der Waals surface area contributed by atoms with E-state index in [-0.39, 0.29) is 12.0 Å². The lowest BCUT2D eigenvalue weighted by atomic mass is 10.3. The molecule has 0 bridgehead atoms. The van der Waals surface area contributed by atoms with Crippen LogP contribution in [0, 0.1) is 5.82 Å². The van der Waals surface area contributed by atoms with Crippen LogP contribution in [0.2, 0.25) is 0 Å². The summed E-state index contributed by atoms with van der Waals surface area (Å²) in [5.41, 5.74) is 0.270. The maximum atomic E-state index is 12.5. The molecule has 0 saturated heterocycles. The second kappa shape index (κ2) is 3.61. The van der Waals surface area contributed by atoms with Crippen molar-refractivity contribution in [3.8, 4) is 0 Å². The molecule has 0 aromatic heterocycles. The average molecular weight is 167 g/mol. The first kappa shape index (κ1) is 8.39. The Kier molecular flexibility index (Phi) is 2.53. The molecule has 3 nitrogen and oxygen atoms in total. The molecule has 0 radical (unpaired) electrons. The number of halogens is 1. The van der Waals surface area contributed by atoms with Gasteiger partial charge in [0.1, 0.15) is 5.82 Å².